The largest absolute Gasteiger partial charge is 0.362 e. The van der Waals surface area contributed by atoms with Crippen LogP contribution < -0.4 is 5.32 Å². The normalized spacial score (nSPS) is 41.0. The van der Waals surface area contributed by atoms with E-state index in [4.69, 9.17) is 4.99 Å². The zero-order valence-corrected chi connectivity index (χ0v) is 11.7. The molecule has 0 aromatic heterocycles. The highest BCUT2D eigenvalue weighted by molar-refractivity contribution is 8.14. The van der Waals surface area contributed by atoms with Crippen LogP contribution in [-0.2, 0) is 0 Å². The highest BCUT2D eigenvalue weighted by Crippen LogP contribution is 2.40. The molecule has 0 aromatic carbocycles. The molecule has 0 aromatic rings. The summed E-state index contributed by atoms with van der Waals surface area (Å²) in [6.07, 6.45) is 5.17. The monoisotopic (exact) mass is 240 g/mol. The highest BCUT2D eigenvalue weighted by atomic mass is 32.2. The van der Waals surface area contributed by atoms with E-state index in [2.05, 4.69) is 33.0 Å². The standard InChI is InChI=1S/C13H24N2S/c1-9-8-10(2)16-12(14-9)15-11-6-5-7-13(11,3)4/h9-11H,5-8H2,1-4H3,(H,14,15). The van der Waals surface area contributed by atoms with Gasteiger partial charge in [0, 0.05) is 11.3 Å². The first kappa shape index (κ1) is 12.3. The van der Waals surface area contributed by atoms with Crippen LogP contribution in [0.25, 0.3) is 0 Å². The molecule has 1 aliphatic heterocycles. The van der Waals surface area contributed by atoms with E-state index in [9.17, 15) is 0 Å². The molecule has 92 valence electrons. The molecule has 0 spiro atoms. The van der Waals surface area contributed by atoms with E-state index in [0.29, 0.717) is 22.7 Å². The number of hydrogen-bond donors (Lipinski definition) is 1. The Morgan fingerprint density at radius 1 is 1.38 bits per heavy atom. The van der Waals surface area contributed by atoms with Crippen LogP contribution in [0.2, 0.25) is 0 Å². The van der Waals surface area contributed by atoms with Gasteiger partial charge in [0.25, 0.3) is 0 Å². The molecular weight excluding hydrogens is 216 g/mol. The fourth-order valence-electron chi connectivity index (χ4n) is 2.80. The number of nitrogens with zero attached hydrogens (tertiary/aromatic N) is 1. The molecule has 1 saturated carbocycles. The van der Waals surface area contributed by atoms with Gasteiger partial charge in [0.05, 0.1) is 6.04 Å². The molecule has 3 unspecified atom stereocenters. The molecule has 3 atom stereocenters. The summed E-state index contributed by atoms with van der Waals surface area (Å²) in [5.41, 5.74) is 0.402. The minimum absolute atomic E-state index is 0.402. The van der Waals surface area contributed by atoms with Gasteiger partial charge in [0.1, 0.15) is 0 Å². The van der Waals surface area contributed by atoms with Crippen LogP contribution in [0, 0.1) is 5.41 Å². The Morgan fingerprint density at radius 2 is 2.12 bits per heavy atom. The van der Waals surface area contributed by atoms with Gasteiger partial charge in [0.15, 0.2) is 5.17 Å². The Kier molecular flexibility index (Phi) is 3.53. The molecule has 0 amide bonds. The summed E-state index contributed by atoms with van der Waals surface area (Å²) in [5.74, 6) is 0. The first-order chi connectivity index (χ1) is 7.47. The number of thioether (sulfide) groups is 1. The topological polar surface area (TPSA) is 24.4 Å². The number of rotatable bonds is 1. The van der Waals surface area contributed by atoms with Crippen LogP contribution in [0.1, 0.15) is 53.4 Å². The van der Waals surface area contributed by atoms with Gasteiger partial charge < -0.3 is 5.32 Å². The summed E-state index contributed by atoms with van der Waals surface area (Å²) >= 11 is 1.92. The third-order valence-corrected chi connectivity index (χ3v) is 4.88. The molecule has 0 bridgehead atoms. The summed E-state index contributed by atoms with van der Waals surface area (Å²) in [6, 6.07) is 1.11. The lowest BCUT2D eigenvalue weighted by atomic mass is 9.88. The molecule has 2 fully saturated rings. The van der Waals surface area contributed by atoms with E-state index in [-0.39, 0.29) is 0 Å². The Labute approximate surface area is 104 Å². The predicted molar refractivity (Wildman–Crippen MR) is 73.1 cm³/mol. The van der Waals surface area contributed by atoms with Crippen molar-refractivity contribution in [3.05, 3.63) is 0 Å². The Bertz CT molecular complexity index is 274. The summed E-state index contributed by atoms with van der Waals surface area (Å²) in [4.78, 5) is 4.96. The van der Waals surface area contributed by atoms with Crippen molar-refractivity contribution in [2.45, 2.75) is 70.7 Å². The third kappa shape index (κ3) is 2.73. The maximum absolute atomic E-state index is 4.96. The second-order valence-corrected chi connectivity index (χ2v) is 7.47. The third-order valence-electron chi connectivity index (χ3n) is 3.84. The van der Waals surface area contributed by atoms with Gasteiger partial charge in [-0.25, -0.2) is 0 Å². The van der Waals surface area contributed by atoms with Crippen molar-refractivity contribution in [1.82, 2.24) is 5.32 Å². The Balaban J connectivity index is 2.05. The Morgan fingerprint density at radius 3 is 2.69 bits per heavy atom. The van der Waals surface area contributed by atoms with Gasteiger partial charge in [-0.1, -0.05) is 39.0 Å². The van der Waals surface area contributed by atoms with Gasteiger partial charge in [-0.3, -0.25) is 4.99 Å². The van der Waals surface area contributed by atoms with Crippen LogP contribution in [0.3, 0.4) is 0 Å². The molecule has 1 heterocycles. The van der Waals surface area contributed by atoms with E-state index < -0.39 is 0 Å². The number of amidine groups is 1. The number of aliphatic imine (C=N–C) groups is 1. The predicted octanol–water partition coefficient (Wildman–Crippen LogP) is 3.42. The fourth-order valence-corrected chi connectivity index (χ4v) is 4.02. The molecule has 2 nitrogen and oxygen atoms in total. The van der Waals surface area contributed by atoms with Gasteiger partial charge in [-0.15, -0.1) is 0 Å². The molecule has 1 N–H and O–H groups in total. The second kappa shape index (κ2) is 4.59. The lowest BCUT2D eigenvalue weighted by molar-refractivity contribution is 0.334. The smallest absolute Gasteiger partial charge is 0.157 e. The average molecular weight is 240 g/mol. The quantitative estimate of drug-likeness (QED) is 0.759. The summed E-state index contributed by atoms with van der Waals surface area (Å²) in [7, 11) is 0. The minimum Gasteiger partial charge on any atom is -0.362 e. The van der Waals surface area contributed by atoms with Crippen molar-refractivity contribution >= 4 is 16.9 Å². The number of hydrogen-bond acceptors (Lipinski definition) is 2. The van der Waals surface area contributed by atoms with E-state index in [1.54, 1.807) is 0 Å². The summed E-state index contributed by atoms with van der Waals surface area (Å²) in [5, 5.41) is 5.42. The van der Waals surface area contributed by atoms with Crippen LogP contribution in [0.5, 0.6) is 0 Å². The van der Waals surface area contributed by atoms with E-state index >= 15 is 0 Å². The molecular formula is C13H24N2S. The van der Waals surface area contributed by atoms with Gasteiger partial charge in [0.2, 0.25) is 0 Å². The first-order valence-electron chi connectivity index (χ1n) is 6.48. The van der Waals surface area contributed by atoms with Crippen molar-refractivity contribution < 1.29 is 0 Å². The molecule has 1 saturated heterocycles. The zero-order chi connectivity index (χ0) is 11.8. The van der Waals surface area contributed by atoms with Crippen molar-refractivity contribution in [3.63, 3.8) is 0 Å². The Hall–Kier alpha value is -0.180. The molecule has 1 aliphatic carbocycles. The lowest BCUT2D eigenvalue weighted by Gasteiger charge is -2.30. The van der Waals surface area contributed by atoms with Crippen LogP contribution in [0.15, 0.2) is 4.99 Å². The van der Waals surface area contributed by atoms with Crippen molar-refractivity contribution in [2.75, 3.05) is 0 Å². The van der Waals surface area contributed by atoms with E-state index in [1.165, 1.54) is 30.9 Å². The average Bonchev–Trinajstić information content (AvgIpc) is 2.44. The van der Waals surface area contributed by atoms with E-state index in [1.807, 2.05) is 11.8 Å². The summed E-state index contributed by atoms with van der Waals surface area (Å²) in [6.45, 7) is 9.27. The molecule has 2 rings (SSSR count). The van der Waals surface area contributed by atoms with E-state index in [0.717, 1.165) is 0 Å². The lowest BCUT2D eigenvalue weighted by Crippen LogP contribution is -2.39. The van der Waals surface area contributed by atoms with Crippen LogP contribution in [0.4, 0.5) is 0 Å². The fraction of sp³-hybridized carbons (Fsp3) is 0.923. The maximum Gasteiger partial charge on any atom is 0.157 e. The highest BCUT2D eigenvalue weighted by Gasteiger charge is 2.35. The second-order valence-electron chi connectivity index (χ2n) is 6.04. The molecule has 16 heavy (non-hydrogen) atoms. The maximum atomic E-state index is 4.96. The van der Waals surface area contributed by atoms with Crippen molar-refractivity contribution in [3.8, 4) is 0 Å². The molecule has 2 aliphatic rings. The van der Waals surface area contributed by atoms with Crippen LogP contribution in [-0.4, -0.2) is 22.5 Å². The SMILES string of the molecule is CC1CC(C)SC(=NC2CCCC2(C)C)N1. The van der Waals surface area contributed by atoms with Crippen LogP contribution >= 0.6 is 11.8 Å². The number of nitrogens with one attached hydrogen (secondary N) is 1. The first-order valence-corrected chi connectivity index (χ1v) is 7.36. The van der Waals surface area contributed by atoms with Gasteiger partial charge >= 0.3 is 0 Å². The van der Waals surface area contributed by atoms with Gasteiger partial charge in [-0.2, -0.15) is 0 Å². The van der Waals surface area contributed by atoms with Gasteiger partial charge in [-0.05, 0) is 31.6 Å². The molecule has 3 heteroatoms. The molecule has 0 radical (unpaired) electrons. The van der Waals surface area contributed by atoms with Crippen molar-refractivity contribution in [1.29, 1.82) is 0 Å². The summed E-state index contributed by atoms with van der Waals surface area (Å²) < 4.78 is 0. The zero-order valence-electron chi connectivity index (χ0n) is 10.9. The van der Waals surface area contributed by atoms with Crippen molar-refractivity contribution in [2.24, 2.45) is 10.4 Å². The minimum atomic E-state index is 0.402.